The highest BCUT2D eigenvalue weighted by atomic mass is 19.1. The van der Waals surface area contributed by atoms with Gasteiger partial charge in [0.1, 0.15) is 30.5 Å². The molecule has 1 aromatic heterocycles. The Balaban J connectivity index is 1.60. The van der Waals surface area contributed by atoms with Gasteiger partial charge in [0.25, 0.3) is 0 Å². The van der Waals surface area contributed by atoms with E-state index in [1.807, 2.05) is 6.07 Å². The fourth-order valence-electron chi connectivity index (χ4n) is 2.29. The van der Waals surface area contributed by atoms with E-state index in [-0.39, 0.29) is 11.6 Å². The number of furan rings is 1. The maximum atomic E-state index is 13.7. The highest BCUT2D eigenvalue weighted by Gasteiger charge is 2.09. The van der Waals surface area contributed by atoms with Crippen molar-refractivity contribution in [1.29, 1.82) is 0 Å². The average Bonchev–Trinajstić information content (AvgIpc) is 2.98. The lowest BCUT2D eigenvalue weighted by atomic mass is 10.1. The second-order valence-electron chi connectivity index (χ2n) is 5.07. The predicted molar refractivity (Wildman–Crippen MR) is 79.8 cm³/mol. The highest BCUT2D eigenvalue weighted by molar-refractivity contribution is 5.58. The topological polar surface area (TPSA) is 29.8 Å². The first-order valence-electron chi connectivity index (χ1n) is 7.12. The zero-order valence-corrected chi connectivity index (χ0v) is 11.9. The number of hydrogen-bond donors (Lipinski definition) is 1. The highest BCUT2D eigenvalue weighted by Crippen LogP contribution is 2.24. The number of rotatable bonds is 5. The third kappa shape index (κ3) is 3.40. The third-order valence-corrected chi connectivity index (χ3v) is 3.44. The molecule has 0 saturated carbocycles. The van der Waals surface area contributed by atoms with E-state index in [0.29, 0.717) is 17.9 Å². The maximum absolute atomic E-state index is 13.7. The molecule has 0 spiro atoms. The molecule has 0 aliphatic heterocycles. The Morgan fingerprint density at radius 1 is 0.818 bits per heavy atom. The van der Waals surface area contributed by atoms with Crippen LogP contribution in [0, 0.1) is 11.6 Å². The van der Waals surface area contributed by atoms with Crippen LogP contribution in [0.4, 0.5) is 8.78 Å². The lowest BCUT2D eigenvalue weighted by Gasteiger charge is -2.01. The summed E-state index contributed by atoms with van der Waals surface area (Å²) in [6, 6.07) is 16.6. The lowest BCUT2D eigenvalue weighted by Crippen LogP contribution is -2.80. The zero-order chi connectivity index (χ0) is 15.4. The van der Waals surface area contributed by atoms with Gasteiger partial charge < -0.3 is 9.73 Å². The molecule has 0 radical (unpaired) electrons. The van der Waals surface area contributed by atoms with Crippen LogP contribution in [0.1, 0.15) is 11.3 Å². The summed E-state index contributed by atoms with van der Waals surface area (Å²) < 4.78 is 32.2. The Kier molecular flexibility index (Phi) is 4.30. The Morgan fingerprint density at radius 3 is 2.36 bits per heavy atom. The first-order valence-corrected chi connectivity index (χ1v) is 7.12. The van der Waals surface area contributed by atoms with E-state index in [1.165, 1.54) is 18.2 Å². The quantitative estimate of drug-likeness (QED) is 0.768. The van der Waals surface area contributed by atoms with Gasteiger partial charge in [0.05, 0.1) is 5.56 Å². The molecule has 0 unspecified atom stereocenters. The van der Waals surface area contributed by atoms with Gasteiger partial charge in [0.2, 0.25) is 0 Å². The first-order chi connectivity index (χ1) is 10.7. The van der Waals surface area contributed by atoms with Gasteiger partial charge >= 0.3 is 0 Å². The standard InChI is InChI=1S/C18H15F2NO/c19-14-7-5-13(6-8-14)11-21-12-15-9-10-18(22-15)16-3-1-2-4-17(16)20/h1-10,21H,11-12H2/p+1. The van der Waals surface area contributed by atoms with E-state index in [4.69, 9.17) is 4.42 Å². The molecular weight excluding hydrogens is 284 g/mol. The van der Waals surface area contributed by atoms with Crippen molar-refractivity contribution in [2.75, 3.05) is 0 Å². The molecular formula is C18H16F2NO+. The van der Waals surface area contributed by atoms with Crippen molar-refractivity contribution in [3.8, 4) is 11.3 Å². The lowest BCUT2D eigenvalue weighted by molar-refractivity contribution is -0.687. The van der Waals surface area contributed by atoms with Gasteiger partial charge in [0, 0.05) is 5.56 Å². The smallest absolute Gasteiger partial charge is 0.158 e. The van der Waals surface area contributed by atoms with Gasteiger partial charge in [-0.05, 0) is 36.4 Å². The van der Waals surface area contributed by atoms with Crippen molar-refractivity contribution < 1.29 is 18.5 Å². The van der Waals surface area contributed by atoms with Gasteiger partial charge in [-0.2, -0.15) is 0 Å². The fourth-order valence-corrected chi connectivity index (χ4v) is 2.29. The van der Waals surface area contributed by atoms with Crippen LogP contribution in [-0.4, -0.2) is 0 Å². The summed E-state index contributed by atoms with van der Waals surface area (Å²) in [6.07, 6.45) is 0. The van der Waals surface area contributed by atoms with Crippen LogP contribution < -0.4 is 5.32 Å². The van der Waals surface area contributed by atoms with Crippen molar-refractivity contribution in [2.45, 2.75) is 13.1 Å². The molecule has 0 aliphatic rings. The monoisotopic (exact) mass is 300 g/mol. The largest absolute Gasteiger partial charge is 0.455 e. The maximum Gasteiger partial charge on any atom is 0.158 e. The summed E-state index contributed by atoms with van der Waals surface area (Å²) in [5.41, 5.74) is 1.51. The SMILES string of the molecule is Fc1ccc(C[NH2+]Cc2ccc(-c3ccccc3F)o2)cc1. The second-order valence-corrected chi connectivity index (χ2v) is 5.07. The molecule has 3 aromatic rings. The van der Waals surface area contributed by atoms with Gasteiger partial charge in [-0.3, -0.25) is 0 Å². The third-order valence-electron chi connectivity index (χ3n) is 3.44. The molecule has 0 amide bonds. The van der Waals surface area contributed by atoms with Crippen LogP contribution in [0.15, 0.2) is 65.1 Å². The average molecular weight is 300 g/mol. The van der Waals surface area contributed by atoms with Crippen molar-refractivity contribution in [3.63, 3.8) is 0 Å². The summed E-state index contributed by atoms with van der Waals surface area (Å²) in [6.45, 7) is 1.38. The summed E-state index contributed by atoms with van der Waals surface area (Å²) in [5, 5.41) is 2.05. The van der Waals surface area contributed by atoms with Crippen LogP contribution >= 0.6 is 0 Å². The Morgan fingerprint density at radius 2 is 1.59 bits per heavy atom. The van der Waals surface area contributed by atoms with Crippen LogP contribution in [-0.2, 0) is 13.1 Å². The molecule has 2 N–H and O–H groups in total. The molecule has 0 atom stereocenters. The van der Waals surface area contributed by atoms with E-state index in [2.05, 4.69) is 5.32 Å². The van der Waals surface area contributed by atoms with Crippen LogP contribution in [0.5, 0.6) is 0 Å². The van der Waals surface area contributed by atoms with Crippen molar-refractivity contribution in [2.24, 2.45) is 0 Å². The molecule has 22 heavy (non-hydrogen) atoms. The molecule has 0 bridgehead atoms. The summed E-state index contributed by atoms with van der Waals surface area (Å²) >= 11 is 0. The van der Waals surface area contributed by atoms with Crippen molar-refractivity contribution in [1.82, 2.24) is 0 Å². The normalized spacial score (nSPS) is 10.8. The van der Waals surface area contributed by atoms with Crippen molar-refractivity contribution in [3.05, 3.63) is 83.6 Å². The first kappa shape index (κ1) is 14.5. The molecule has 0 aliphatic carbocycles. The van der Waals surface area contributed by atoms with Crippen molar-refractivity contribution >= 4 is 0 Å². The number of halogens is 2. The Labute approximate surface area is 127 Å². The Bertz CT molecular complexity index is 750. The van der Waals surface area contributed by atoms with Gasteiger partial charge in [-0.15, -0.1) is 0 Å². The molecule has 3 rings (SSSR count). The summed E-state index contributed by atoms with van der Waals surface area (Å²) in [7, 11) is 0. The van der Waals surface area contributed by atoms with Gasteiger partial charge in [-0.25, -0.2) is 8.78 Å². The van der Waals surface area contributed by atoms with Crippen LogP contribution in [0.2, 0.25) is 0 Å². The van der Waals surface area contributed by atoms with E-state index >= 15 is 0 Å². The summed E-state index contributed by atoms with van der Waals surface area (Å²) in [5.74, 6) is 0.784. The minimum Gasteiger partial charge on any atom is -0.455 e. The zero-order valence-electron chi connectivity index (χ0n) is 11.9. The fraction of sp³-hybridized carbons (Fsp3) is 0.111. The molecule has 2 nitrogen and oxygen atoms in total. The van der Waals surface area contributed by atoms with Crippen LogP contribution in [0.3, 0.4) is 0 Å². The molecule has 1 heterocycles. The number of quaternary nitrogens is 1. The minimum absolute atomic E-state index is 0.232. The predicted octanol–water partition coefficient (Wildman–Crippen LogP) is 3.49. The number of hydrogen-bond acceptors (Lipinski definition) is 1. The van der Waals surface area contributed by atoms with E-state index < -0.39 is 0 Å². The van der Waals surface area contributed by atoms with E-state index in [1.54, 1.807) is 36.4 Å². The molecule has 112 valence electrons. The second kappa shape index (κ2) is 6.54. The number of benzene rings is 2. The van der Waals surface area contributed by atoms with E-state index in [0.717, 1.165) is 17.9 Å². The molecule has 4 heteroatoms. The van der Waals surface area contributed by atoms with Gasteiger partial charge in [0.15, 0.2) is 5.76 Å². The van der Waals surface area contributed by atoms with E-state index in [9.17, 15) is 8.78 Å². The molecule has 0 saturated heterocycles. The van der Waals surface area contributed by atoms with Gasteiger partial charge in [-0.1, -0.05) is 24.3 Å². The summed E-state index contributed by atoms with van der Waals surface area (Å²) in [4.78, 5) is 0. The number of nitrogens with two attached hydrogens (primary N) is 1. The Hall–Kier alpha value is -2.46. The molecule has 0 fully saturated rings. The molecule has 2 aromatic carbocycles. The van der Waals surface area contributed by atoms with Crippen LogP contribution in [0.25, 0.3) is 11.3 Å². The minimum atomic E-state index is -0.293.